The van der Waals surface area contributed by atoms with Crippen molar-refractivity contribution in [2.24, 2.45) is 0 Å². The summed E-state index contributed by atoms with van der Waals surface area (Å²) in [6, 6.07) is 10.5. The lowest BCUT2D eigenvalue weighted by molar-refractivity contribution is 0.102. The van der Waals surface area contributed by atoms with E-state index in [4.69, 9.17) is 4.74 Å². The zero-order valence-corrected chi connectivity index (χ0v) is 11.7. The number of nitrogens with one attached hydrogen (secondary N) is 1. The van der Waals surface area contributed by atoms with Crippen LogP contribution >= 0.6 is 0 Å². The van der Waals surface area contributed by atoms with Crippen LogP contribution in [0.2, 0.25) is 0 Å². The van der Waals surface area contributed by atoms with Crippen LogP contribution in [0.5, 0.6) is 11.5 Å². The second kappa shape index (κ2) is 5.65. The lowest BCUT2D eigenvalue weighted by atomic mass is 10.1. The predicted octanol–water partition coefficient (Wildman–Crippen LogP) is 3.27. The first kappa shape index (κ1) is 13.9. The fraction of sp³-hybridized carbons (Fsp3) is 0.188. The summed E-state index contributed by atoms with van der Waals surface area (Å²) >= 11 is 0. The molecule has 2 N–H and O–H groups in total. The Balaban J connectivity index is 2.33. The van der Waals surface area contributed by atoms with Crippen molar-refractivity contribution < 1.29 is 14.6 Å². The van der Waals surface area contributed by atoms with E-state index in [0.29, 0.717) is 11.4 Å². The SMILES string of the molecule is COc1cccc(O)c1C(=O)Nc1cc(C)cc(C)c1. The Bertz CT molecular complexity index is 630. The first-order valence-corrected chi connectivity index (χ1v) is 6.27. The van der Waals surface area contributed by atoms with E-state index in [1.54, 1.807) is 12.1 Å². The van der Waals surface area contributed by atoms with Gasteiger partial charge in [0.15, 0.2) is 0 Å². The van der Waals surface area contributed by atoms with Gasteiger partial charge in [0.2, 0.25) is 0 Å². The van der Waals surface area contributed by atoms with E-state index in [0.717, 1.165) is 11.1 Å². The summed E-state index contributed by atoms with van der Waals surface area (Å²) in [5.74, 6) is -0.164. The van der Waals surface area contributed by atoms with Gasteiger partial charge < -0.3 is 15.2 Å². The van der Waals surface area contributed by atoms with Gasteiger partial charge in [0, 0.05) is 5.69 Å². The highest BCUT2D eigenvalue weighted by Gasteiger charge is 2.17. The summed E-state index contributed by atoms with van der Waals surface area (Å²) in [6.07, 6.45) is 0. The molecular formula is C16H17NO3. The standard InChI is InChI=1S/C16H17NO3/c1-10-7-11(2)9-12(8-10)17-16(19)15-13(18)5-4-6-14(15)20-3/h4-9,18H,1-3H3,(H,17,19). The van der Waals surface area contributed by atoms with E-state index in [2.05, 4.69) is 5.32 Å². The third-order valence-corrected chi connectivity index (χ3v) is 2.93. The van der Waals surface area contributed by atoms with Gasteiger partial charge in [-0.3, -0.25) is 4.79 Å². The van der Waals surface area contributed by atoms with Gasteiger partial charge in [0.25, 0.3) is 5.91 Å². The third kappa shape index (κ3) is 2.91. The topological polar surface area (TPSA) is 58.6 Å². The van der Waals surface area contributed by atoms with Crippen LogP contribution in [0, 0.1) is 13.8 Å². The van der Waals surface area contributed by atoms with Gasteiger partial charge in [-0.1, -0.05) is 12.1 Å². The zero-order valence-electron chi connectivity index (χ0n) is 11.7. The molecular weight excluding hydrogens is 254 g/mol. The van der Waals surface area contributed by atoms with Crippen molar-refractivity contribution in [3.05, 3.63) is 53.1 Å². The fourth-order valence-corrected chi connectivity index (χ4v) is 2.16. The van der Waals surface area contributed by atoms with Crippen molar-refractivity contribution in [2.75, 3.05) is 12.4 Å². The number of phenolic OH excluding ortho intramolecular Hbond substituents is 1. The van der Waals surface area contributed by atoms with Crippen molar-refractivity contribution in [3.8, 4) is 11.5 Å². The highest BCUT2D eigenvalue weighted by atomic mass is 16.5. The molecule has 0 aliphatic rings. The summed E-state index contributed by atoms with van der Waals surface area (Å²) in [7, 11) is 1.46. The van der Waals surface area contributed by atoms with Crippen LogP contribution in [0.25, 0.3) is 0 Å². The molecule has 0 aliphatic carbocycles. The molecule has 0 atom stereocenters. The normalized spacial score (nSPS) is 10.2. The summed E-state index contributed by atoms with van der Waals surface area (Å²) in [5.41, 5.74) is 2.95. The van der Waals surface area contributed by atoms with Crippen LogP contribution in [0.15, 0.2) is 36.4 Å². The minimum Gasteiger partial charge on any atom is -0.507 e. The van der Waals surface area contributed by atoms with Crippen molar-refractivity contribution >= 4 is 11.6 Å². The second-order valence-electron chi connectivity index (χ2n) is 4.68. The molecule has 0 spiro atoms. The highest BCUT2D eigenvalue weighted by Crippen LogP contribution is 2.28. The number of amides is 1. The van der Waals surface area contributed by atoms with Crippen LogP contribution in [0.4, 0.5) is 5.69 Å². The number of rotatable bonds is 3. The number of aromatic hydroxyl groups is 1. The van der Waals surface area contributed by atoms with E-state index in [1.165, 1.54) is 13.2 Å². The molecule has 2 aromatic rings. The first-order valence-electron chi connectivity index (χ1n) is 6.27. The number of benzene rings is 2. The Kier molecular flexibility index (Phi) is 3.94. The first-order chi connectivity index (χ1) is 9.51. The van der Waals surface area contributed by atoms with Gasteiger partial charge in [0.1, 0.15) is 17.1 Å². The van der Waals surface area contributed by atoms with E-state index >= 15 is 0 Å². The quantitative estimate of drug-likeness (QED) is 0.900. The van der Waals surface area contributed by atoms with Crippen LogP contribution < -0.4 is 10.1 Å². The highest BCUT2D eigenvalue weighted by molar-refractivity contribution is 6.08. The van der Waals surface area contributed by atoms with Crippen LogP contribution in [0.3, 0.4) is 0 Å². The fourth-order valence-electron chi connectivity index (χ4n) is 2.16. The van der Waals surface area contributed by atoms with Gasteiger partial charge in [-0.25, -0.2) is 0 Å². The molecule has 4 nitrogen and oxygen atoms in total. The molecule has 0 radical (unpaired) electrons. The minimum absolute atomic E-state index is 0.105. The number of hydrogen-bond acceptors (Lipinski definition) is 3. The molecule has 0 heterocycles. The number of aryl methyl sites for hydroxylation is 2. The summed E-state index contributed by atoms with van der Waals surface area (Å²) in [6.45, 7) is 3.92. The largest absolute Gasteiger partial charge is 0.507 e. The molecule has 0 bridgehead atoms. The van der Waals surface area contributed by atoms with E-state index < -0.39 is 5.91 Å². The van der Waals surface area contributed by atoms with Crippen LogP contribution in [0.1, 0.15) is 21.5 Å². The number of ether oxygens (including phenoxy) is 1. The van der Waals surface area contributed by atoms with E-state index in [-0.39, 0.29) is 11.3 Å². The molecule has 2 aromatic carbocycles. The van der Waals surface area contributed by atoms with Crippen molar-refractivity contribution in [1.29, 1.82) is 0 Å². The number of carbonyl (C=O) groups excluding carboxylic acids is 1. The maximum atomic E-state index is 12.3. The number of phenols is 1. The number of hydrogen-bond donors (Lipinski definition) is 2. The van der Waals surface area contributed by atoms with E-state index in [9.17, 15) is 9.90 Å². The van der Waals surface area contributed by atoms with Gasteiger partial charge in [-0.2, -0.15) is 0 Å². The Morgan fingerprint density at radius 3 is 2.40 bits per heavy atom. The molecule has 0 saturated carbocycles. The average molecular weight is 271 g/mol. The molecule has 0 aromatic heterocycles. The van der Waals surface area contributed by atoms with Crippen molar-refractivity contribution in [2.45, 2.75) is 13.8 Å². The molecule has 20 heavy (non-hydrogen) atoms. The Hall–Kier alpha value is -2.49. The molecule has 1 amide bonds. The predicted molar refractivity (Wildman–Crippen MR) is 78.5 cm³/mol. The van der Waals surface area contributed by atoms with Gasteiger partial charge in [-0.15, -0.1) is 0 Å². The summed E-state index contributed by atoms with van der Waals surface area (Å²) in [4.78, 5) is 12.3. The monoisotopic (exact) mass is 271 g/mol. The maximum Gasteiger partial charge on any atom is 0.263 e. The summed E-state index contributed by atoms with van der Waals surface area (Å²) in [5, 5.41) is 12.6. The molecule has 104 valence electrons. The molecule has 0 unspecified atom stereocenters. The second-order valence-corrected chi connectivity index (χ2v) is 4.68. The van der Waals surface area contributed by atoms with Crippen molar-refractivity contribution in [1.82, 2.24) is 0 Å². The smallest absolute Gasteiger partial charge is 0.263 e. The molecule has 0 fully saturated rings. The van der Waals surface area contributed by atoms with Gasteiger partial charge in [0.05, 0.1) is 7.11 Å². The third-order valence-electron chi connectivity index (χ3n) is 2.93. The summed E-state index contributed by atoms with van der Waals surface area (Å²) < 4.78 is 5.11. The number of carbonyl (C=O) groups is 1. The Morgan fingerprint density at radius 2 is 1.80 bits per heavy atom. The Morgan fingerprint density at radius 1 is 1.15 bits per heavy atom. The molecule has 0 saturated heterocycles. The van der Waals surface area contributed by atoms with Gasteiger partial charge >= 0.3 is 0 Å². The zero-order chi connectivity index (χ0) is 14.7. The number of anilines is 1. The van der Waals surface area contributed by atoms with Crippen LogP contribution in [-0.2, 0) is 0 Å². The lowest BCUT2D eigenvalue weighted by Gasteiger charge is -2.11. The molecule has 0 aliphatic heterocycles. The minimum atomic E-state index is -0.398. The number of methoxy groups -OCH3 is 1. The lowest BCUT2D eigenvalue weighted by Crippen LogP contribution is -2.13. The van der Waals surface area contributed by atoms with Crippen molar-refractivity contribution in [3.63, 3.8) is 0 Å². The van der Waals surface area contributed by atoms with Gasteiger partial charge in [-0.05, 0) is 49.2 Å². The van der Waals surface area contributed by atoms with E-state index in [1.807, 2.05) is 32.0 Å². The molecule has 4 heteroatoms. The molecule has 2 rings (SSSR count). The maximum absolute atomic E-state index is 12.3. The Labute approximate surface area is 118 Å². The van der Waals surface area contributed by atoms with Crippen LogP contribution in [-0.4, -0.2) is 18.1 Å². The average Bonchev–Trinajstić information content (AvgIpc) is 2.36.